The van der Waals surface area contributed by atoms with Crippen LogP contribution in [0.4, 0.5) is 14.5 Å². The van der Waals surface area contributed by atoms with Crippen LogP contribution in [0.25, 0.3) is 10.8 Å². The lowest BCUT2D eigenvalue weighted by Gasteiger charge is -2.06. The Hall–Kier alpha value is -1.64. The van der Waals surface area contributed by atoms with Crippen molar-refractivity contribution in [2.45, 2.75) is 6.92 Å². The van der Waals surface area contributed by atoms with Crippen molar-refractivity contribution in [3.8, 4) is 0 Å². The first-order valence-electron chi connectivity index (χ1n) is 4.23. The summed E-state index contributed by atoms with van der Waals surface area (Å²) in [5.41, 5.74) is 6.89. The minimum absolute atomic E-state index is 0.401. The molecule has 0 aliphatic rings. The van der Waals surface area contributed by atoms with Crippen molar-refractivity contribution >= 4 is 16.5 Å². The predicted octanol–water partition coefficient (Wildman–Crippen LogP) is 3.01. The normalized spacial score (nSPS) is 10.8. The molecule has 14 heavy (non-hydrogen) atoms. The van der Waals surface area contributed by atoms with E-state index in [1.54, 1.807) is 19.1 Å². The second kappa shape index (κ2) is 2.94. The van der Waals surface area contributed by atoms with Gasteiger partial charge in [-0.25, -0.2) is 8.78 Å². The van der Waals surface area contributed by atoms with Gasteiger partial charge in [-0.3, -0.25) is 0 Å². The van der Waals surface area contributed by atoms with E-state index in [4.69, 9.17) is 5.73 Å². The van der Waals surface area contributed by atoms with Crippen molar-refractivity contribution in [2.75, 3.05) is 5.73 Å². The van der Waals surface area contributed by atoms with Crippen LogP contribution >= 0.6 is 0 Å². The fourth-order valence-electron chi connectivity index (χ4n) is 1.52. The van der Waals surface area contributed by atoms with Crippen molar-refractivity contribution in [3.05, 3.63) is 41.5 Å². The fraction of sp³-hybridized carbons (Fsp3) is 0.0909. The highest BCUT2D eigenvalue weighted by Crippen LogP contribution is 2.26. The van der Waals surface area contributed by atoms with E-state index in [0.717, 1.165) is 6.07 Å². The molecule has 0 saturated heterocycles. The van der Waals surface area contributed by atoms with Crippen LogP contribution in [-0.4, -0.2) is 0 Å². The van der Waals surface area contributed by atoms with Crippen LogP contribution in [0.1, 0.15) is 5.56 Å². The SMILES string of the molecule is Cc1c(N)ccc2c(F)cc(F)cc12. The molecule has 1 nitrogen and oxygen atoms in total. The molecule has 0 radical (unpaired) electrons. The molecule has 0 fully saturated rings. The lowest BCUT2D eigenvalue weighted by Crippen LogP contribution is -1.92. The van der Waals surface area contributed by atoms with Crippen LogP contribution < -0.4 is 5.73 Å². The molecule has 0 aliphatic heterocycles. The molecule has 0 unspecified atom stereocenters. The molecule has 0 spiro atoms. The number of fused-ring (bicyclic) bond motifs is 1. The number of anilines is 1. The number of nitrogen functional groups attached to an aromatic ring is 1. The highest BCUT2D eigenvalue weighted by atomic mass is 19.1. The largest absolute Gasteiger partial charge is 0.398 e. The number of hydrogen-bond donors (Lipinski definition) is 1. The third-order valence-corrected chi connectivity index (χ3v) is 2.36. The smallest absolute Gasteiger partial charge is 0.133 e. The Morgan fingerprint density at radius 2 is 1.79 bits per heavy atom. The van der Waals surface area contributed by atoms with Crippen LogP contribution in [0.3, 0.4) is 0 Å². The van der Waals surface area contributed by atoms with Gasteiger partial charge in [-0.15, -0.1) is 0 Å². The topological polar surface area (TPSA) is 26.0 Å². The van der Waals surface area contributed by atoms with E-state index in [2.05, 4.69) is 0 Å². The monoisotopic (exact) mass is 193 g/mol. The van der Waals surface area contributed by atoms with E-state index >= 15 is 0 Å². The number of benzene rings is 2. The number of hydrogen-bond acceptors (Lipinski definition) is 1. The minimum Gasteiger partial charge on any atom is -0.398 e. The zero-order valence-electron chi connectivity index (χ0n) is 7.64. The maximum Gasteiger partial charge on any atom is 0.133 e. The van der Waals surface area contributed by atoms with Crippen LogP contribution in [0, 0.1) is 18.6 Å². The molecule has 0 aliphatic carbocycles. The number of aryl methyl sites for hydroxylation is 1. The molecular formula is C11H9F2N. The first-order chi connectivity index (χ1) is 6.59. The summed E-state index contributed by atoms with van der Waals surface area (Å²) in [7, 11) is 0. The third-order valence-electron chi connectivity index (χ3n) is 2.36. The predicted molar refractivity (Wildman–Crippen MR) is 53.0 cm³/mol. The Kier molecular flexibility index (Phi) is 1.88. The molecule has 3 heteroatoms. The molecule has 0 saturated carbocycles. The lowest BCUT2D eigenvalue weighted by atomic mass is 10.0. The quantitative estimate of drug-likeness (QED) is 0.639. The Morgan fingerprint density at radius 3 is 2.50 bits per heavy atom. The highest BCUT2D eigenvalue weighted by Gasteiger charge is 2.07. The summed E-state index contributed by atoms with van der Waals surface area (Å²) < 4.78 is 26.2. The van der Waals surface area contributed by atoms with Crippen molar-refractivity contribution in [1.82, 2.24) is 0 Å². The molecule has 2 N–H and O–H groups in total. The zero-order valence-corrected chi connectivity index (χ0v) is 7.64. The molecule has 0 aromatic heterocycles. The Bertz CT molecular complexity index is 506. The summed E-state index contributed by atoms with van der Waals surface area (Å²) >= 11 is 0. The zero-order chi connectivity index (χ0) is 10.3. The minimum atomic E-state index is -0.580. The Morgan fingerprint density at radius 1 is 1.07 bits per heavy atom. The van der Waals surface area contributed by atoms with Crippen LogP contribution in [0.5, 0.6) is 0 Å². The van der Waals surface area contributed by atoms with Gasteiger partial charge in [-0.05, 0) is 36.1 Å². The van der Waals surface area contributed by atoms with Crippen LogP contribution in [0.15, 0.2) is 24.3 Å². The second-order valence-corrected chi connectivity index (χ2v) is 3.26. The summed E-state index contributed by atoms with van der Waals surface area (Å²) in [4.78, 5) is 0. The van der Waals surface area contributed by atoms with Gasteiger partial charge in [0.15, 0.2) is 0 Å². The van der Waals surface area contributed by atoms with Gasteiger partial charge >= 0.3 is 0 Å². The maximum atomic E-state index is 13.3. The molecule has 0 amide bonds. The summed E-state index contributed by atoms with van der Waals surface area (Å²) in [5, 5.41) is 0.931. The highest BCUT2D eigenvalue weighted by molar-refractivity contribution is 5.89. The fourth-order valence-corrected chi connectivity index (χ4v) is 1.52. The number of rotatable bonds is 0. The molecule has 0 atom stereocenters. The van der Waals surface area contributed by atoms with E-state index in [1.165, 1.54) is 6.07 Å². The molecular weight excluding hydrogens is 184 g/mol. The lowest BCUT2D eigenvalue weighted by molar-refractivity contribution is 0.592. The molecule has 0 bridgehead atoms. The van der Waals surface area contributed by atoms with E-state index in [-0.39, 0.29) is 0 Å². The Labute approximate surface area is 80.1 Å². The van der Waals surface area contributed by atoms with Gasteiger partial charge in [0, 0.05) is 17.1 Å². The van der Waals surface area contributed by atoms with Gasteiger partial charge in [-0.2, -0.15) is 0 Å². The Balaban J connectivity index is 2.95. The van der Waals surface area contributed by atoms with E-state index < -0.39 is 11.6 Å². The van der Waals surface area contributed by atoms with Crippen LogP contribution in [0.2, 0.25) is 0 Å². The molecule has 2 aromatic carbocycles. The standard InChI is InChI=1S/C11H9F2N/c1-6-9-4-7(12)5-10(13)8(9)2-3-11(6)14/h2-5H,14H2,1H3. The van der Waals surface area contributed by atoms with E-state index in [9.17, 15) is 8.78 Å². The average molecular weight is 193 g/mol. The first kappa shape index (κ1) is 8.94. The van der Waals surface area contributed by atoms with Crippen LogP contribution in [-0.2, 0) is 0 Å². The van der Waals surface area contributed by atoms with Crippen molar-refractivity contribution < 1.29 is 8.78 Å². The van der Waals surface area contributed by atoms with Gasteiger partial charge in [0.1, 0.15) is 11.6 Å². The molecule has 0 heterocycles. The molecule has 2 rings (SSSR count). The molecule has 72 valence electrons. The summed E-state index contributed by atoms with van der Waals surface area (Å²) in [5.74, 6) is -1.13. The summed E-state index contributed by atoms with van der Waals surface area (Å²) in [6, 6.07) is 5.35. The van der Waals surface area contributed by atoms with E-state index in [0.29, 0.717) is 22.0 Å². The average Bonchev–Trinajstić information content (AvgIpc) is 2.12. The van der Waals surface area contributed by atoms with Gasteiger partial charge in [-0.1, -0.05) is 0 Å². The van der Waals surface area contributed by atoms with Crippen molar-refractivity contribution in [3.63, 3.8) is 0 Å². The second-order valence-electron chi connectivity index (χ2n) is 3.26. The van der Waals surface area contributed by atoms with Gasteiger partial charge in [0.05, 0.1) is 0 Å². The van der Waals surface area contributed by atoms with Gasteiger partial charge < -0.3 is 5.73 Å². The van der Waals surface area contributed by atoms with E-state index in [1.807, 2.05) is 0 Å². The van der Waals surface area contributed by atoms with Crippen molar-refractivity contribution in [2.24, 2.45) is 0 Å². The number of halogens is 2. The number of nitrogens with two attached hydrogens (primary N) is 1. The van der Waals surface area contributed by atoms with Crippen molar-refractivity contribution in [1.29, 1.82) is 0 Å². The maximum absolute atomic E-state index is 13.3. The summed E-state index contributed by atoms with van der Waals surface area (Å²) in [6.07, 6.45) is 0. The third kappa shape index (κ3) is 1.21. The molecule has 2 aromatic rings. The van der Waals surface area contributed by atoms with Gasteiger partial charge in [0.25, 0.3) is 0 Å². The van der Waals surface area contributed by atoms with Gasteiger partial charge in [0.2, 0.25) is 0 Å². The first-order valence-corrected chi connectivity index (χ1v) is 4.23. The summed E-state index contributed by atoms with van der Waals surface area (Å²) in [6.45, 7) is 1.75.